The summed E-state index contributed by atoms with van der Waals surface area (Å²) in [7, 11) is 3.24. The third-order valence-electron chi connectivity index (χ3n) is 2.73. The molecule has 90 valence electrons. The second-order valence-corrected chi connectivity index (χ2v) is 3.68. The Morgan fingerprint density at radius 3 is 2.53 bits per heavy atom. The first-order chi connectivity index (χ1) is 8.17. The van der Waals surface area contributed by atoms with Gasteiger partial charge in [-0.3, -0.25) is 5.10 Å². The summed E-state index contributed by atoms with van der Waals surface area (Å²) in [6, 6.07) is 5.61. The highest BCUT2D eigenvalue weighted by Crippen LogP contribution is 2.34. The molecule has 3 N–H and O–H groups in total. The molecule has 2 aromatic rings. The summed E-state index contributed by atoms with van der Waals surface area (Å²) in [6.45, 7) is 1.91. The van der Waals surface area contributed by atoms with Crippen LogP contribution in [0, 0.1) is 6.92 Å². The first-order valence-corrected chi connectivity index (χ1v) is 5.20. The largest absolute Gasteiger partial charge is 0.497 e. The molecule has 0 aliphatic heterocycles. The summed E-state index contributed by atoms with van der Waals surface area (Å²) in [5.74, 6) is 1.96. The number of H-pyrrole nitrogens is 1. The van der Waals surface area contributed by atoms with Gasteiger partial charge in [-0.2, -0.15) is 5.10 Å². The van der Waals surface area contributed by atoms with E-state index in [1.54, 1.807) is 14.2 Å². The molecule has 0 spiro atoms. The molecule has 17 heavy (non-hydrogen) atoms. The Bertz CT molecular complexity index is 535. The molecular formula is C12H15N3O2. The molecule has 0 aliphatic carbocycles. The van der Waals surface area contributed by atoms with Crippen LogP contribution in [-0.2, 0) is 0 Å². The zero-order valence-electron chi connectivity index (χ0n) is 10.1. The summed E-state index contributed by atoms with van der Waals surface area (Å²) in [6.07, 6.45) is 0. The molecule has 1 heterocycles. The maximum absolute atomic E-state index is 5.72. The second-order valence-electron chi connectivity index (χ2n) is 3.68. The third kappa shape index (κ3) is 1.91. The number of hydrogen-bond acceptors (Lipinski definition) is 4. The summed E-state index contributed by atoms with van der Waals surface area (Å²) >= 11 is 0. The van der Waals surface area contributed by atoms with E-state index in [1.807, 2.05) is 25.1 Å². The van der Waals surface area contributed by atoms with Gasteiger partial charge in [-0.25, -0.2) is 0 Å². The van der Waals surface area contributed by atoms with Crippen LogP contribution < -0.4 is 15.2 Å². The van der Waals surface area contributed by atoms with Crippen LogP contribution in [0.2, 0.25) is 0 Å². The van der Waals surface area contributed by atoms with Crippen LogP contribution in [0.1, 0.15) is 5.56 Å². The van der Waals surface area contributed by atoms with Gasteiger partial charge in [-0.1, -0.05) is 0 Å². The van der Waals surface area contributed by atoms with Gasteiger partial charge in [0.25, 0.3) is 0 Å². The van der Waals surface area contributed by atoms with Crippen molar-refractivity contribution >= 4 is 5.82 Å². The van der Waals surface area contributed by atoms with Crippen molar-refractivity contribution in [1.82, 2.24) is 10.2 Å². The summed E-state index contributed by atoms with van der Waals surface area (Å²) in [4.78, 5) is 0. The topological polar surface area (TPSA) is 73.2 Å². The van der Waals surface area contributed by atoms with Crippen molar-refractivity contribution in [3.63, 3.8) is 0 Å². The molecule has 5 heteroatoms. The van der Waals surface area contributed by atoms with E-state index in [0.29, 0.717) is 5.82 Å². The maximum Gasteiger partial charge on any atom is 0.148 e. The fraction of sp³-hybridized carbons (Fsp3) is 0.250. The van der Waals surface area contributed by atoms with Crippen LogP contribution in [0.3, 0.4) is 0 Å². The van der Waals surface area contributed by atoms with E-state index in [1.165, 1.54) is 0 Å². The molecule has 0 radical (unpaired) electrons. The van der Waals surface area contributed by atoms with E-state index < -0.39 is 0 Å². The van der Waals surface area contributed by atoms with Crippen molar-refractivity contribution in [2.24, 2.45) is 0 Å². The van der Waals surface area contributed by atoms with Gasteiger partial charge in [0.05, 0.1) is 19.9 Å². The minimum absolute atomic E-state index is 0.498. The van der Waals surface area contributed by atoms with E-state index in [-0.39, 0.29) is 0 Å². The average Bonchev–Trinajstić information content (AvgIpc) is 2.69. The number of aromatic nitrogens is 2. The van der Waals surface area contributed by atoms with E-state index in [9.17, 15) is 0 Å². The minimum Gasteiger partial charge on any atom is -0.497 e. The number of anilines is 1. The maximum atomic E-state index is 5.72. The lowest BCUT2D eigenvalue weighted by Gasteiger charge is -2.09. The average molecular weight is 233 g/mol. The van der Waals surface area contributed by atoms with Gasteiger partial charge in [0.15, 0.2) is 0 Å². The highest BCUT2D eigenvalue weighted by molar-refractivity contribution is 5.73. The number of nitrogens with one attached hydrogen (secondary N) is 1. The van der Waals surface area contributed by atoms with Gasteiger partial charge in [-0.15, -0.1) is 0 Å². The van der Waals surface area contributed by atoms with Crippen molar-refractivity contribution in [2.45, 2.75) is 6.92 Å². The molecule has 0 bridgehead atoms. The van der Waals surface area contributed by atoms with Crippen LogP contribution in [0.4, 0.5) is 5.82 Å². The molecule has 1 aromatic carbocycles. The van der Waals surface area contributed by atoms with E-state index in [4.69, 9.17) is 15.2 Å². The molecule has 1 aromatic heterocycles. The number of methoxy groups -OCH3 is 2. The predicted molar refractivity (Wildman–Crippen MR) is 66.3 cm³/mol. The number of nitrogen functional groups attached to an aromatic ring is 1. The van der Waals surface area contributed by atoms with Crippen LogP contribution >= 0.6 is 0 Å². The first-order valence-electron chi connectivity index (χ1n) is 5.20. The number of nitrogens with zero attached hydrogens (tertiary/aromatic N) is 1. The molecule has 0 saturated heterocycles. The van der Waals surface area contributed by atoms with Gasteiger partial charge in [0.1, 0.15) is 17.3 Å². The summed E-state index contributed by atoms with van der Waals surface area (Å²) in [5, 5.41) is 6.88. The highest BCUT2D eigenvalue weighted by atomic mass is 16.5. The van der Waals surface area contributed by atoms with E-state index >= 15 is 0 Å². The van der Waals surface area contributed by atoms with Crippen molar-refractivity contribution in [2.75, 3.05) is 20.0 Å². The fourth-order valence-corrected chi connectivity index (χ4v) is 1.68. The lowest BCUT2D eigenvalue weighted by Crippen LogP contribution is -1.92. The molecule has 2 rings (SSSR count). The van der Waals surface area contributed by atoms with Crippen molar-refractivity contribution in [3.05, 3.63) is 23.8 Å². The number of hydrogen-bond donors (Lipinski definition) is 2. The number of rotatable bonds is 3. The molecule has 0 unspecified atom stereocenters. The lowest BCUT2D eigenvalue weighted by atomic mass is 10.1. The molecule has 5 nitrogen and oxygen atoms in total. The monoisotopic (exact) mass is 233 g/mol. The van der Waals surface area contributed by atoms with Crippen molar-refractivity contribution in [3.8, 4) is 22.8 Å². The van der Waals surface area contributed by atoms with Gasteiger partial charge >= 0.3 is 0 Å². The smallest absolute Gasteiger partial charge is 0.148 e. The second kappa shape index (κ2) is 4.37. The quantitative estimate of drug-likeness (QED) is 0.850. The Hall–Kier alpha value is -2.17. The van der Waals surface area contributed by atoms with Gasteiger partial charge < -0.3 is 15.2 Å². The highest BCUT2D eigenvalue weighted by Gasteiger charge is 2.13. The number of benzene rings is 1. The van der Waals surface area contributed by atoms with Crippen molar-refractivity contribution in [1.29, 1.82) is 0 Å². The van der Waals surface area contributed by atoms with E-state index in [2.05, 4.69) is 10.2 Å². The third-order valence-corrected chi connectivity index (χ3v) is 2.73. The molecule has 0 saturated carbocycles. The fourth-order valence-electron chi connectivity index (χ4n) is 1.68. The zero-order chi connectivity index (χ0) is 12.4. The Morgan fingerprint density at radius 2 is 2.00 bits per heavy atom. The van der Waals surface area contributed by atoms with Crippen LogP contribution in [0.5, 0.6) is 11.5 Å². The predicted octanol–water partition coefficient (Wildman–Crippen LogP) is 1.98. The Kier molecular flexibility index (Phi) is 2.91. The number of ether oxygens (including phenoxy) is 2. The molecular weight excluding hydrogens is 218 g/mol. The van der Waals surface area contributed by atoms with Gasteiger partial charge in [-0.05, 0) is 19.1 Å². The molecule has 0 atom stereocenters. The Labute approximate surface area is 99.5 Å². The summed E-state index contributed by atoms with van der Waals surface area (Å²) in [5.41, 5.74) is 8.40. The van der Waals surface area contributed by atoms with Crippen LogP contribution in [0.15, 0.2) is 18.2 Å². The van der Waals surface area contributed by atoms with Crippen LogP contribution in [0.25, 0.3) is 11.3 Å². The minimum atomic E-state index is 0.498. The van der Waals surface area contributed by atoms with Gasteiger partial charge in [0.2, 0.25) is 0 Å². The normalized spacial score (nSPS) is 10.3. The zero-order valence-corrected chi connectivity index (χ0v) is 10.1. The van der Waals surface area contributed by atoms with Crippen molar-refractivity contribution < 1.29 is 9.47 Å². The number of aromatic amines is 1. The number of nitrogens with two attached hydrogens (primary N) is 1. The first kappa shape index (κ1) is 11.3. The van der Waals surface area contributed by atoms with Crippen LogP contribution in [-0.4, -0.2) is 24.4 Å². The standard InChI is InChI=1S/C12H15N3O2/c1-7-11(14-15-12(7)13)9-5-4-8(16-2)6-10(9)17-3/h4-6H,1-3H3,(H3,13,14,15). The summed E-state index contributed by atoms with van der Waals surface area (Å²) < 4.78 is 10.5. The lowest BCUT2D eigenvalue weighted by molar-refractivity contribution is 0.395. The molecule has 0 amide bonds. The van der Waals surface area contributed by atoms with E-state index in [0.717, 1.165) is 28.3 Å². The molecule has 0 aliphatic rings. The SMILES string of the molecule is COc1ccc(-c2[nH]nc(N)c2C)c(OC)c1. The Balaban J connectivity index is 2.55. The van der Waals surface area contributed by atoms with Gasteiger partial charge in [0, 0.05) is 17.2 Å². The Morgan fingerprint density at radius 1 is 1.24 bits per heavy atom. The molecule has 0 fully saturated rings.